The molecule has 0 unspecified atom stereocenters. The SMILES string of the molecule is Oc1cccc(C=NNc2nc(Nc3ccccc3)nc(N3CCCCC3)n2)c1. The highest BCUT2D eigenvalue weighted by Crippen LogP contribution is 2.20. The Labute approximate surface area is 169 Å². The van der Waals surface area contributed by atoms with Crippen LogP contribution in [0.3, 0.4) is 0 Å². The number of benzene rings is 2. The van der Waals surface area contributed by atoms with Crippen LogP contribution in [0.1, 0.15) is 24.8 Å². The van der Waals surface area contributed by atoms with E-state index in [9.17, 15) is 5.11 Å². The van der Waals surface area contributed by atoms with E-state index < -0.39 is 0 Å². The van der Waals surface area contributed by atoms with Gasteiger partial charge in [-0.2, -0.15) is 20.1 Å². The molecule has 0 aliphatic carbocycles. The molecule has 1 fully saturated rings. The second kappa shape index (κ2) is 9.01. The summed E-state index contributed by atoms with van der Waals surface area (Å²) in [5.41, 5.74) is 4.55. The van der Waals surface area contributed by atoms with Crippen molar-refractivity contribution in [3.05, 3.63) is 60.2 Å². The van der Waals surface area contributed by atoms with Crippen molar-refractivity contribution in [3.8, 4) is 5.75 Å². The molecule has 29 heavy (non-hydrogen) atoms. The van der Waals surface area contributed by atoms with E-state index in [1.165, 1.54) is 6.42 Å². The molecule has 2 aromatic carbocycles. The summed E-state index contributed by atoms with van der Waals surface area (Å²) in [4.78, 5) is 15.7. The van der Waals surface area contributed by atoms with Gasteiger partial charge in [-0.25, -0.2) is 5.43 Å². The van der Waals surface area contributed by atoms with Crippen LogP contribution in [0.4, 0.5) is 23.5 Å². The number of hydrazone groups is 1. The fourth-order valence-electron chi connectivity index (χ4n) is 3.13. The zero-order valence-corrected chi connectivity index (χ0v) is 16.0. The van der Waals surface area contributed by atoms with E-state index in [0.29, 0.717) is 17.8 Å². The summed E-state index contributed by atoms with van der Waals surface area (Å²) < 4.78 is 0. The molecule has 0 bridgehead atoms. The molecule has 1 aliphatic rings. The van der Waals surface area contributed by atoms with Gasteiger partial charge in [0.1, 0.15) is 5.75 Å². The van der Waals surface area contributed by atoms with Gasteiger partial charge in [0.05, 0.1) is 6.21 Å². The number of aromatic hydroxyl groups is 1. The first kappa shape index (κ1) is 18.7. The number of nitrogens with zero attached hydrogens (tertiary/aromatic N) is 5. The number of aromatic nitrogens is 3. The third kappa shape index (κ3) is 5.19. The second-order valence-electron chi connectivity index (χ2n) is 6.79. The summed E-state index contributed by atoms with van der Waals surface area (Å²) >= 11 is 0. The molecule has 8 nitrogen and oxygen atoms in total. The van der Waals surface area contributed by atoms with Crippen molar-refractivity contribution in [1.82, 2.24) is 15.0 Å². The topological polar surface area (TPSA) is 98.6 Å². The van der Waals surface area contributed by atoms with Crippen LogP contribution in [0.15, 0.2) is 59.7 Å². The number of para-hydroxylation sites is 1. The molecule has 1 aromatic heterocycles. The normalized spacial score (nSPS) is 14.1. The van der Waals surface area contributed by atoms with Crippen LogP contribution in [0.2, 0.25) is 0 Å². The lowest BCUT2D eigenvalue weighted by Gasteiger charge is -2.26. The van der Waals surface area contributed by atoms with Gasteiger partial charge >= 0.3 is 0 Å². The number of nitrogens with one attached hydrogen (secondary N) is 2. The van der Waals surface area contributed by atoms with Gasteiger partial charge in [0.15, 0.2) is 0 Å². The van der Waals surface area contributed by atoms with Gasteiger partial charge in [0.25, 0.3) is 0 Å². The van der Waals surface area contributed by atoms with Gasteiger partial charge in [-0.15, -0.1) is 0 Å². The lowest BCUT2D eigenvalue weighted by molar-refractivity contribution is 0.475. The molecule has 8 heteroatoms. The van der Waals surface area contributed by atoms with Crippen molar-refractivity contribution in [2.75, 3.05) is 28.7 Å². The van der Waals surface area contributed by atoms with Crippen LogP contribution in [0.25, 0.3) is 0 Å². The molecule has 148 valence electrons. The molecular weight excluding hydrogens is 366 g/mol. The minimum absolute atomic E-state index is 0.191. The molecule has 0 atom stereocenters. The van der Waals surface area contributed by atoms with Crippen molar-refractivity contribution < 1.29 is 5.11 Å². The Kier molecular flexibility index (Phi) is 5.80. The molecule has 1 saturated heterocycles. The zero-order chi connectivity index (χ0) is 19.9. The number of phenols is 1. The third-order valence-electron chi connectivity index (χ3n) is 4.54. The standard InChI is InChI=1S/C21H23N7O/c29-18-11-7-8-16(14-18)15-22-27-20-24-19(23-17-9-3-1-4-10-17)25-21(26-20)28-12-5-2-6-13-28/h1,3-4,7-11,14-15,29H,2,5-6,12-13H2,(H2,23,24,25,26,27). The highest BCUT2D eigenvalue weighted by Gasteiger charge is 2.16. The fraction of sp³-hybridized carbons (Fsp3) is 0.238. The van der Waals surface area contributed by atoms with Crippen molar-refractivity contribution in [2.45, 2.75) is 19.3 Å². The van der Waals surface area contributed by atoms with Gasteiger partial charge in [-0.3, -0.25) is 0 Å². The molecule has 3 aromatic rings. The smallest absolute Gasteiger partial charge is 0.250 e. The summed E-state index contributed by atoms with van der Waals surface area (Å²) in [6, 6.07) is 16.6. The number of phenolic OH excluding ortho intramolecular Hbond substituents is 1. The quantitative estimate of drug-likeness (QED) is 0.436. The van der Waals surface area contributed by atoms with E-state index in [0.717, 1.165) is 37.2 Å². The summed E-state index contributed by atoms with van der Waals surface area (Å²) in [7, 11) is 0. The lowest BCUT2D eigenvalue weighted by Crippen LogP contribution is -2.31. The Morgan fingerprint density at radius 3 is 2.48 bits per heavy atom. The van der Waals surface area contributed by atoms with Crippen molar-refractivity contribution >= 4 is 29.7 Å². The van der Waals surface area contributed by atoms with Gasteiger partial charge in [0, 0.05) is 18.8 Å². The predicted octanol–water partition coefficient (Wildman–Crippen LogP) is 3.76. The molecule has 1 aliphatic heterocycles. The second-order valence-corrected chi connectivity index (χ2v) is 6.79. The predicted molar refractivity (Wildman–Crippen MR) is 115 cm³/mol. The molecule has 2 heterocycles. The highest BCUT2D eigenvalue weighted by atomic mass is 16.3. The largest absolute Gasteiger partial charge is 0.508 e. The van der Waals surface area contributed by atoms with E-state index in [4.69, 9.17) is 0 Å². The van der Waals surface area contributed by atoms with Crippen LogP contribution in [0, 0.1) is 0 Å². The molecular formula is C21H23N7O. The monoisotopic (exact) mass is 389 g/mol. The van der Waals surface area contributed by atoms with Crippen LogP contribution in [-0.4, -0.2) is 39.4 Å². The average molecular weight is 389 g/mol. The maximum Gasteiger partial charge on any atom is 0.250 e. The summed E-state index contributed by atoms with van der Waals surface area (Å²) in [6.07, 6.45) is 5.10. The molecule has 0 spiro atoms. The first-order valence-electron chi connectivity index (χ1n) is 9.67. The van der Waals surface area contributed by atoms with E-state index >= 15 is 0 Å². The van der Waals surface area contributed by atoms with Gasteiger partial charge in [-0.05, 0) is 49.1 Å². The first-order valence-corrected chi connectivity index (χ1v) is 9.67. The van der Waals surface area contributed by atoms with E-state index in [2.05, 4.69) is 35.7 Å². The molecule has 0 radical (unpaired) electrons. The maximum absolute atomic E-state index is 9.56. The minimum atomic E-state index is 0.191. The number of hydrogen-bond acceptors (Lipinski definition) is 8. The highest BCUT2D eigenvalue weighted by molar-refractivity contribution is 5.80. The molecule has 0 saturated carbocycles. The van der Waals surface area contributed by atoms with E-state index in [-0.39, 0.29) is 5.75 Å². The Morgan fingerprint density at radius 2 is 1.69 bits per heavy atom. The van der Waals surface area contributed by atoms with Crippen molar-refractivity contribution in [1.29, 1.82) is 0 Å². The Hall–Kier alpha value is -3.68. The van der Waals surface area contributed by atoms with Crippen LogP contribution >= 0.6 is 0 Å². The molecule has 4 rings (SSSR count). The number of piperidine rings is 1. The Balaban J connectivity index is 1.56. The summed E-state index contributed by atoms with van der Waals surface area (Å²) in [5, 5.41) is 17.0. The maximum atomic E-state index is 9.56. The average Bonchev–Trinajstić information content (AvgIpc) is 2.75. The Morgan fingerprint density at radius 1 is 0.897 bits per heavy atom. The van der Waals surface area contributed by atoms with E-state index in [1.54, 1.807) is 24.4 Å². The summed E-state index contributed by atoms with van der Waals surface area (Å²) in [6.45, 7) is 1.86. The van der Waals surface area contributed by atoms with Gasteiger partial charge < -0.3 is 15.3 Å². The minimum Gasteiger partial charge on any atom is -0.508 e. The van der Waals surface area contributed by atoms with Crippen LogP contribution < -0.4 is 15.6 Å². The van der Waals surface area contributed by atoms with Crippen molar-refractivity contribution in [2.24, 2.45) is 5.10 Å². The van der Waals surface area contributed by atoms with Gasteiger partial charge in [0.2, 0.25) is 17.8 Å². The number of hydrogen-bond donors (Lipinski definition) is 3. The number of rotatable bonds is 6. The molecule has 3 N–H and O–H groups in total. The lowest BCUT2D eigenvalue weighted by atomic mass is 10.1. The fourth-order valence-corrected chi connectivity index (χ4v) is 3.13. The van der Waals surface area contributed by atoms with E-state index in [1.807, 2.05) is 36.4 Å². The van der Waals surface area contributed by atoms with Crippen LogP contribution in [0.5, 0.6) is 5.75 Å². The van der Waals surface area contributed by atoms with Gasteiger partial charge in [-0.1, -0.05) is 30.3 Å². The summed E-state index contributed by atoms with van der Waals surface area (Å²) in [5.74, 6) is 1.64. The third-order valence-corrected chi connectivity index (χ3v) is 4.54. The molecule has 0 amide bonds. The first-order chi connectivity index (χ1) is 14.3. The van der Waals surface area contributed by atoms with Crippen LogP contribution in [-0.2, 0) is 0 Å². The Bertz CT molecular complexity index is 972. The number of anilines is 4. The zero-order valence-electron chi connectivity index (χ0n) is 16.0. The van der Waals surface area contributed by atoms with Crippen molar-refractivity contribution in [3.63, 3.8) is 0 Å².